The van der Waals surface area contributed by atoms with E-state index in [2.05, 4.69) is 33.0 Å². The first kappa shape index (κ1) is 22.2. The molecule has 0 aliphatic rings. The van der Waals surface area contributed by atoms with Gasteiger partial charge in [-0.15, -0.1) is 0 Å². The molecule has 1 aromatic carbocycles. The first-order valence-corrected chi connectivity index (χ1v) is 9.21. The molecular formula is C21H29N3O3. The monoisotopic (exact) mass is 371 g/mol. The van der Waals surface area contributed by atoms with Crippen LogP contribution in [0, 0.1) is 23.2 Å². The summed E-state index contributed by atoms with van der Waals surface area (Å²) in [6.45, 7) is 11.8. The van der Waals surface area contributed by atoms with Gasteiger partial charge in [-0.2, -0.15) is 5.26 Å². The van der Waals surface area contributed by atoms with E-state index in [-0.39, 0.29) is 17.7 Å². The third-order valence-corrected chi connectivity index (χ3v) is 3.55. The van der Waals surface area contributed by atoms with Crippen molar-refractivity contribution in [2.24, 2.45) is 11.8 Å². The predicted octanol–water partition coefficient (Wildman–Crippen LogP) is 3.82. The Kier molecular flexibility index (Phi) is 9.07. The molecule has 6 nitrogen and oxygen atoms in total. The topological polar surface area (TPSA) is 82.4 Å². The number of benzene rings is 1. The minimum Gasteiger partial charge on any atom is -0.462 e. The molecule has 0 heterocycles. The quantitative estimate of drug-likeness (QED) is 0.405. The number of hydrogen-bond acceptors (Lipinski definition) is 5. The second-order valence-corrected chi connectivity index (χ2v) is 7.12. The molecule has 0 spiro atoms. The fraction of sp³-hybridized carbons (Fsp3) is 0.476. The highest BCUT2D eigenvalue weighted by atomic mass is 16.5. The average molecular weight is 371 g/mol. The van der Waals surface area contributed by atoms with Gasteiger partial charge in [0.05, 0.1) is 17.9 Å². The minimum absolute atomic E-state index is 0.00466. The summed E-state index contributed by atoms with van der Waals surface area (Å²) in [5, 5.41) is 12.1. The second kappa shape index (κ2) is 11.0. The Labute approximate surface area is 161 Å². The maximum absolute atomic E-state index is 12.6. The third-order valence-electron chi connectivity index (χ3n) is 3.55. The van der Waals surface area contributed by atoms with Crippen LogP contribution in [-0.2, 0) is 9.53 Å². The van der Waals surface area contributed by atoms with Crippen molar-refractivity contribution in [3.8, 4) is 6.07 Å². The van der Waals surface area contributed by atoms with Gasteiger partial charge in [-0.1, -0.05) is 39.8 Å². The zero-order chi connectivity index (χ0) is 20.4. The summed E-state index contributed by atoms with van der Waals surface area (Å²) in [4.78, 5) is 26.6. The van der Waals surface area contributed by atoms with Crippen molar-refractivity contribution >= 4 is 17.6 Å². The summed E-state index contributed by atoms with van der Waals surface area (Å²) >= 11 is 0. The lowest BCUT2D eigenvalue weighted by atomic mass is 10.1. The molecule has 0 radical (unpaired) electrons. The van der Waals surface area contributed by atoms with Crippen LogP contribution in [0.3, 0.4) is 0 Å². The molecule has 1 amide bonds. The summed E-state index contributed by atoms with van der Waals surface area (Å²) < 4.78 is 5.01. The first-order chi connectivity index (χ1) is 12.8. The fourth-order valence-corrected chi connectivity index (χ4v) is 2.61. The average Bonchev–Trinajstić information content (AvgIpc) is 2.59. The summed E-state index contributed by atoms with van der Waals surface area (Å²) in [5.41, 5.74) is 0.572. The molecule has 0 aliphatic carbocycles. The van der Waals surface area contributed by atoms with Crippen LogP contribution in [0.2, 0.25) is 0 Å². The molecule has 27 heavy (non-hydrogen) atoms. The standard InChI is InChI=1S/C21H29N3O3/c1-6-27-21(26)18-9-7-8-10-19(18)23-20(25)17(11-22)14-24(12-15(2)3)13-16(4)5/h7-10,14-16H,6,12-13H2,1-5H3,(H,23,25)/b17-14-. The van der Waals surface area contributed by atoms with Gasteiger partial charge in [0.15, 0.2) is 0 Å². The summed E-state index contributed by atoms with van der Waals surface area (Å²) in [6, 6.07) is 8.55. The normalized spacial score (nSPS) is 11.3. The second-order valence-electron chi connectivity index (χ2n) is 7.12. The Balaban J connectivity index is 3.05. The van der Waals surface area contributed by atoms with E-state index in [0.29, 0.717) is 17.5 Å². The van der Waals surface area contributed by atoms with E-state index < -0.39 is 11.9 Å². The predicted molar refractivity (Wildman–Crippen MR) is 106 cm³/mol. The molecule has 1 N–H and O–H groups in total. The number of nitriles is 1. The number of nitrogens with zero attached hydrogens (tertiary/aromatic N) is 2. The van der Waals surface area contributed by atoms with Crippen molar-refractivity contribution in [2.45, 2.75) is 34.6 Å². The first-order valence-electron chi connectivity index (χ1n) is 9.21. The number of hydrogen-bond donors (Lipinski definition) is 1. The van der Waals surface area contributed by atoms with E-state index >= 15 is 0 Å². The number of esters is 1. The molecule has 0 fully saturated rings. The molecule has 0 aliphatic heterocycles. The Bertz CT molecular complexity index is 708. The van der Waals surface area contributed by atoms with Crippen molar-refractivity contribution in [1.82, 2.24) is 4.90 Å². The Morgan fingerprint density at radius 2 is 1.78 bits per heavy atom. The van der Waals surface area contributed by atoms with E-state index in [9.17, 15) is 14.9 Å². The van der Waals surface area contributed by atoms with Crippen LogP contribution in [0.1, 0.15) is 45.0 Å². The van der Waals surface area contributed by atoms with Gasteiger partial charge in [0.1, 0.15) is 11.6 Å². The zero-order valence-corrected chi connectivity index (χ0v) is 16.8. The molecule has 0 saturated carbocycles. The highest BCUT2D eigenvalue weighted by Crippen LogP contribution is 2.17. The Morgan fingerprint density at radius 1 is 1.19 bits per heavy atom. The van der Waals surface area contributed by atoms with E-state index in [1.165, 1.54) is 0 Å². The van der Waals surface area contributed by atoms with Crippen molar-refractivity contribution in [2.75, 3.05) is 25.0 Å². The van der Waals surface area contributed by atoms with Crippen molar-refractivity contribution in [1.29, 1.82) is 5.26 Å². The number of nitrogens with one attached hydrogen (secondary N) is 1. The molecular weight excluding hydrogens is 342 g/mol. The van der Waals surface area contributed by atoms with Crippen LogP contribution in [0.5, 0.6) is 0 Å². The number of amides is 1. The van der Waals surface area contributed by atoms with E-state index in [1.807, 2.05) is 11.0 Å². The lowest BCUT2D eigenvalue weighted by Crippen LogP contribution is -2.28. The number of ether oxygens (including phenoxy) is 1. The van der Waals surface area contributed by atoms with Gasteiger partial charge in [-0.3, -0.25) is 4.79 Å². The lowest BCUT2D eigenvalue weighted by molar-refractivity contribution is -0.112. The maximum Gasteiger partial charge on any atom is 0.340 e. The molecule has 0 bridgehead atoms. The molecule has 146 valence electrons. The largest absolute Gasteiger partial charge is 0.462 e. The number of carbonyl (C=O) groups excluding carboxylic acids is 2. The zero-order valence-electron chi connectivity index (χ0n) is 16.8. The summed E-state index contributed by atoms with van der Waals surface area (Å²) in [6.07, 6.45) is 1.60. The van der Waals surface area contributed by atoms with Crippen LogP contribution in [0.15, 0.2) is 36.0 Å². The van der Waals surface area contributed by atoms with Crippen molar-refractivity contribution in [3.63, 3.8) is 0 Å². The highest BCUT2D eigenvalue weighted by molar-refractivity contribution is 6.09. The SMILES string of the molecule is CCOC(=O)c1ccccc1NC(=O)/C(C#N)=C\N(CC(C)C)CC(C)C. The maximum atomic E-state index is 12.6. The van der Waals surface area contributed by atoms with Gasteiger partial charge in [0, 0.05) is 19.3 Å². The minimum atomic E-state index is -0.549. The van der Waals surface area contributed by atoms with Crippen LogP contribution < -0.4 is 5.32 Å². The molecule has 0 saturated heterocycles. The van der Waals surface area contributed by atoms with E-state index in [0.717, 1.165) is 13.1 Å². The van der Waals surface area contributed by atoms with Crippen molar-refractivity contribution < 1.29 is 14.3 Å². The van der Waals surface area contributed by atoms with Crippen LogP contribution in [-0.4, -0.2) is 36.5 Å². The van der Waals surface area contributed by atoms with Gasteiger partial charge in [0.2, 0.25) is 0 Å². The van der Waals surface area contributed by atoms with Gasteiger partial charge >= 0.3 is 5.97 Å². The van der Waals surface area contributed by atoms with Crippen molar-refractivity contribution in [3.05, 3.63) is 41.6 Å². The number of carbonyl (C=O) groups is 2. The third kappa shape index (κ3) is 7.53. The molecule has 1 aromatic rings. The summed E-state index contributed by atoms with van der Waals surface area (Å²) in [5.74, 6) is -0.274. The fourth-order valence-electron chi connectivity index (χ4n) is 2.61. The van der Waals surface area contributed by atoms with Crippen LogP contribution in [0.25, 0.3) is 0 Å². The summed E-state index contributed by atoms with van der Waals surface area (Å²) in [7, 11) is 0. The van der Waals surface area contributed by atoms with E-state index in [1.54, 1.807) is 37.4 Å². The Hall–Kier alpha value is -2.81. The van der Waals surface area contributed by atoms with E-state index in [4.69, 9.17) is 4.74 Å². The molecule has 0 atom stereocenters. The molecule has 1 rings (SSSR count). The van der Waals surface area contributed by atoms with Crippen LogP contribution in [0.4, 0.5) is 5.69 Å². The molecule has 6 heteroatoms. The number of para-hydroxylation sites is 1. The molecule has 0 unspecified atom stereocenters. The lowest BCUT2D eigenvalue weighted by Gasteiger charge is -2.25. The number of anilines is 1. The smallest absolute Gasteiger partial charge is 0.340 e. The van der Waals surface area contributed by atoms with Crippen LogP contribution >= 0.6 is 0 Å². The number of rotatable bonds is 9. The van der Waals surface area contributed by atoms with Gasteiger partial charge in [0.25, 0.3) is 5.91 Å². The van der Waals surface area contributed by atoms with Gasteiger partial charge in [-0.25, -0.2) is 4.79 Å². The van der Waals surface area contributed by atoms with Gasteiger partial charge in [-0.05, 0) is 30.9 Å². The Morgan fingerprint density at radius 3 is 2.30 bits per heavy atom. The highest BCUT2D eigenvalue weighted by Gasteiger charge is 2.17. The van der Waals surface area contributed by atoms with Gasteiger partial charge < -0.3 is 15.0 Å². The molecule has 0 aromatic heterocycles.